The van der Waals surface area contributed by atoms with E-state index in [4.69, 9.17) is 25.8 Å². The van der Waals surface area contributed by atoms with Crippen molar-refractivity contribution in [3.8, 4) is 5.75 Å². The molecule has 9 nitrogen and oxygen atoms in total. The van der Waals surface area contributed by atoms with E-state index in [1.54, 1.807) is 30.3 Å². The zero-order valence-corrected chi connectivity index (χ0v) is 19.8. The number of methoxy groups -OCH3 is 1. The van der Waals surface area contributed by atoms with E-state index in [1.165, 1.54) is 17.5 Å². The number of halogens is 1. The summed E-state index contributed by atoms with van der Waals surface area (Å²) in [5, 5.41) is 3.18. The second-order valence-electron chi connectivity index (χ2n) is 7.60. The van der Waals surface area contributed by atoms with Crippen LogP contribution < -0.4 is 15.0 Å². The van der Waals surface area contributed by atoms with E-state index in [1.807, 2.05) is 4.90 Å². The fourth-order valence-electron chi connectivity index (χ4n) is 3.82. The molecule has 2 aromatic carbocycles. The maximum absolute atomic E-state index is 13.3. The molecule has 0 bridgehead atoms. The molecule has 178 valence electrons. The quantitative estimate of drug-likeness (QED) is 0.657. The van der Waals surface area contributed by atoms with Gasteiger partial charge in [0.05, 0.1) is 49.0 Å². The van der Waals surface area contributed by atoms with E-state index >= 15 is 0 Å². The van der Waals surface area contributed by atoms with Gasteiger partial charge in [-0.25, -0.2) is 8.42 Å². The molecule has 0 spiro atoms. The lowest BCUT2D eigenvalue weighted by molar-refractivity contribution is 0.0730. The molecule has 0 unspecified atom stereocenters. The van der Waals surface area contributed by atoms with Crippen molar-refractivity contribution >= 4 is 38.9 Å². The number of sulfonamides is 1. The van der Waals surface area contributed by atoms with E-state index in [2.05, 4.69) is 5.32 Å². The molecule has 2 fully saturated rings. The SMILES string of the molecule is COc1ccc(NC(=O)c2cc(S(=O)(=O)N3CCOCC3)ccc2N2CCOCC2)cc1Cl. The second kappa shape index (κ2) is 10.3. The number of benzene rings is 2. The molecule has 2 aliphatic rings. The first kappa shape index (κ1) is 23.8. The number of nitrogens with zero attached hydrogens (tertiary/aromatic N) is 2. The van der Waals surface area contributed by atoms with Gasteiger partial charge in [0.1, 0.15) is 5.75 Å². The fourth-order valence-corrected chi connectivity index (χ4v) is 5.51. The van der Waals surface area contributed by atoms with Gasteiger partial charge in [-0.15, -0.1) is 0 Å². The maximum atomic E-state index is 13.3. The number of morpholine rings is 2. The molecule has 2 aliphatic heterocycles. The van der Waals surface area contributed by atoms with Crippen LogP contribution in [0.25, 0.3) is 0 Å². The Morgan fingerprint density at radius 1 is 1.00 bits per heavy atom. The highest BCUT2D eigenvalue weighted by molar-refractivity contribution is 7.89. The van der Waals surface area contributed by atoms with Gasteiger partial charge in [-0.3, -0.25) is 4.79 Å². The monoisotopic (exact) mass is 495 g/mol. The lowest BCUT2D eigenvalue weighted by atomic mass is 10.1. The maximum Gasteiger partial charge on any atom is 0.257 e. The normalized spacial score (nSPS) is 17.6. The summed E-state index contributed by atoms with van der Waals surface area (Å²) in [6.07, 6.45) is 0. The summed E-state index contributed by atoms with van der Waals surface area (Å²) < 4.78 is 43.6. The van der Waals surface area contributed by atoms with E-state index in [9.17, 15) is 13.2 Å². The van der Waals surface area contributed by atoms with Crippen molar-refractivity contribution in [2.75, 3.05) is 69.9 Å². The Kier molecular flexibility index (Phi) is 7.40. The molecule has 0 atom stereocenters. The van der Waals surface area contributed by atoms with Crippen molar-refractivity contribution in [3.63, 3.8) is 0 Å². The van der Waals surface area contributed by atoms with Crippen LogP contribution in [-0.2, 0) is 19.5 Å². The third-order valence-electron chi connectivity index (χ3n) is 5.58. The van der Waals surface area contributed by atoms with E-state index < -0.39 is 15.9 Å². The van der Waals surface area contributed by atoms with Crippen molar-refractivity contribution in [2.24, 2.45) is 0 Å². The van der Waals surface area contributed by atoms with E-state index in [-0.39, 0.29) is 23.5 Å². The zero-order chi connectivity index (χ0) is 23.4. The molecule has 0 saturated carbocycles. The van der Waals surface area contributed by atoms with Gasteiger partial charge in [0.15, 0.2) is 0 Å². The van der Waals surface area contributed by atoms with Gasteiger partial charge >= 0.3 is 0 Å². The molecule has 4 rings (SSSR count). The standard InChI is InChI=1S/C22H26ClN3O6S/c1-30-21-5-2-16(14-19(21)23)24-22(27)18-15-17(33(28,29)26-8-12-32-13-9-26)3-4-20(18)25-6-10-31-11-7-25/h2-5,14-15H,6-13H2,1H3,(H,24,27). The lowest BCUT2D eigenvalue weighted by Crippen LogP contribution is -2.41. The molecule has 2 saturated heterocycles. The van der Waals surface area contributed by atoms with Gasteiger partial charge in [0, 0.05) is 37.6 Å². The average Bonchev–Trinajstić information content (AvgIpc) is 2.85. The minimum atomic E-state index is -3.76. The summed E-state index contributed by atoms with van der Waals surface area (Å²) in [5.41, 5.74) is 1.38. The zero-order valence-electron chi connectivity index (χ0n) is 18.3. The number of nitrogens with one attached hydrogen (secondary N) is 1. The van der Waals surface area contributed by atoms with Crippen molar-refractivity contribution in [2.45, 2.75) is 4.90 Å². The van der Waals surface area contributed by atoms with Crippen LogP contribution in [0.4, 0.5) is 11.4 Å². The van der Waals surface area contributed by atoms with Gasteiger partial charge in [0.2, 0.25) is 10.0 Å². The molecule has 1 N–H and O–H groups in total. The highest BCUT2D eigenvalue weighted by Crippen LogP contribution is 2.30. The molecule has 0 radical (unpaired) electrons. The summed E-state index contributed by atoms with van der Waals surface area (Å²) >= 11 is 6.19. The minimum Gasteiger partial charge on any atom is -0.495 e. The van der Waals surface area contributed by atoms with Gasteiger partial charge in [-0.2, -0.15) is 4.31 Å². The minimum absolute atomic E-state index is 0.0688. The first-order chi connectivity index (χ1) is 15.9. The van der Waals surface area contributed by atoms with Crippen molar-refractivity contribution in [3.05, 3.63) is 47.0 Å². The molecular weight excluding hydrogens is 470 g/mol. The predicted molar refractivity (Wildman–Crippen MR) is 125 cm³/mol. The summed E-state index contributed by atoms with van der Waals surface area (Å²) in [6.45, 7) is 3.51. The average molecular weight is 496 g/mol. The molecule has 33 heavy (non-hydrogen) atoms. The van der Waals surface area contributed by atoms with Crippen molar-refractivity contribution in [1.82, 2.24) is 4.31 Å². The number of amides is 1. The van der Waals surface area contributed by atoms with Crippen LogP contribution in [0.15, 0.2) is 41.3 Å². The van der Waals surface area contributed by atoms with Crippen LogP contribution in [0.1, 0.15) is 10.4 Å². The summed E-state index contributed by atoms with van der Waals surface area (Å²) in [4.78, 5) is 15.4. The Hall–Kier alpha value is -2.37. The number of ether oxygens (including phenoxy) is 3. The van der Waals surface area contributed by atoms with Gasteiger partial charge in [-0.1, -0.05) is 11.6 Å². The first-order valence-corrected chi connectivity index (χ1v) is 12.4. The molecule has 2 aromatic rings. The molecule has 0 aromatic heterocycles. The van der Waals surface area contributed by atoms with Crippen LogP contribution in [0.5, 0.6) is 5.75 Å². The first-order valence-electron chi connectivity index (χ1n) is 10.6. The summed E-state index contributed by atoms with van der Waals surface area (Å²) in [7, 11) is -2.25. The van der Waals surface area contributed by atoms with Crippen LogP contribution >= 0.6 is 11.6 Å². The molecule has 11 heteroatoms. The van der Waals surface area contributed by atoms with Crippen LogP contribution in [-0.4, -0.2) is 78.3 Å². The third-order valence-corrected chi connectivity index (χ3v) is 7.77. The summed E-state index contributed by atoms with van der Waals surface area (Å²) in [6, 6.07) is 9.59. The molecule has 0 aliphatic carbocycles. The fraction of sp³-hybridized carbons (Fsp3) is 0.409. The van der Waals surface area contributed by atoms with Crippen LogP contribution in [0.2, 0.25) is 5.02 Å². The molecule has 1 amide bonds. The highest BCUT2D eigenvalue weighted by atomic mass is 35.5. The largest absolute Gasteiger partial charge is 0.495 e. The Bertz CT molecular complexity index is 1120. The number of carbonyl (C=O) groups is 1. The van der Waals surface area contributed by atoms with E-state index in [0.29, 0.717) is 61.7 Å². The number of anilines is 2. The number of hydrogen-bond acceptors (Lipinski definition) is 7. The number of rotatable bonds is 6. The van der Waals surface area contributed by atoms with Crippen LogP contribution in [0, 0.1) is 0 Å². The highest BCUT2D eigenvalue weighted by Gasteiger charge is 2.29. The van der Waals surface area contributed by atoms with Gasteiger partial charge in [-0.05, 0) is 36.4 Å². The van der Waals surface area contributed by atoms with Gasteiger partial charge in [0.25, 0.3) is 5.91 Å². The second-order valence-corrected chi connectivity index (χ2v) is 9.94. The molecule has 2 heterocycles. The summed E-state index contributed by atoms with van der Waals surface area (Å²) in [5.74, 6) is 0.0547. The Labute approximate surface area is 198 Å². The Morgan fingerprint density at radius 3 is 2.30 bits per heavy atom. The molecular formula is C22H26ClN3O6S. The number of hydrogen-bond donors (Lipinski definition) is 1. The van der Waals surface area contributed by atoms with E-state index in [0.717, 1.165) is 0 Å². The lowest BCUT2D eigenvalue weighted by Gasteiger charge is -2.31. The topological polar surface area (TPSA) is 97.4 Å². The van der Waals surface area contributed by atoms with Crippen molar-refractivity contribution in [1.29, 1.82) is 0 Å². The Balaban J connectivity index is 1.68. The van der Waals surface area contributed by atoms with Gasteiger partial charge < -0.3 is 24.4 Å². The van der Waals surface area contributed by atoms with Crippen LogP contribution in [0.3, 0.4) is 0 Å². The number of carbonyl (C=O) groups excluding carboxylic acids is 1. The van der Waals surface area contributed by atoms with Crippen molar-refractivity contribution < 1.29 is 27.4 Å². The smallest absolute Gasteiger partial charge is 0.257 e. The third kappa shape index (κ3) is 5.25. The predicted octanol–water partition coefficient (Wildman–Crippen LogP) is 2.46. The Morgan fingerprint density at radius 2 is 1.67 bits per heavy atom.